The van der Waals surface area contributed by atoms with Gasteiger partial charge in [0.2, 0.25) is 10.8 Å². The van der Waals surface area contributed by atoms with E-state index in [1.165, 1.54) is 15.9 Å². The van der Waals surface area contributed by atoms with E-state index >= 15 is 0 Å². The lowest BCUT2D eigenvalue weighted by atomic mass is 9.77. The van der Waals surface area contributed by atoms with Crippen molar-refractivity contribution in [1.82, 2.24) is 14.6 Å². The van der Waals surface area contributed by atoms with Gasteiger partial charge in [-0.05, 0) is 22.8 Å². The summed E-state index contributed by atoms with van der Waals surface area (Å²) in [6.07, 6.45) is 1.84. The number of hydrogen-bond acceptors (Lipinski definition) is 6. The highest BCUT2D eigenvalue weighted by atomic mass is 32.1. The average Bonchev–Trinajstić information content (AvgIpc) is 3.33. The van der Waals surface area contributed by atoms with Crippen LogP contribution >= 0.6 is 11.3 Å². The monoisotopic (exact) mass is 477 g/mol. The Kier molecular flexibility index (Phi) is 4.47. The summed E-state index contributed by atoms with van der Waals surface area (Å²) in [4.78, 5) is 32.3. The lowest BCUT2D eigenvalue weighted by Crippen LogP contribution is -2.32. The SMILES string of the molecule is O=C1CCCC2=C1C(c1ccc3ccccc3c1)c1c(nc3sc(-c4ccccc4)nn3c1=O)O2. The van der Waals surface area contributed by atoms with Crippen LogP contribution in [0.3, 0.4) is 0 Å². The number of carbonyl (C=O) groups is 1. The Morgan fingerprint density at radius 1 is 0.914 bits per heavy atom. The van der Waals surface area contributed by atoms with Gasteiger partial charge in [0.05, 0.1) is 11.5 Å². The van der Waals surface area contributed by atoms with Crippen LogP contribution in [0.4, 0.5) is 0 Å². The zero-order chi connectivity index (χ0) is 23.5. The molecular weight excluding hydrogens is 458 g/mol. The fourth-order valence-corrected chi connectivity index (χ4v) is 5.99. The van der Waals surface area contributed by atoms with Crippen LogP contribution in [0.2, 0.25) is 0 Å². The molecule has 2 aromatic heterocycles. The number of ether oxygens (including phenoxy) is 1. The van der Waals surface area contributed by atoms with Crippen LogP contribution in [-0.2, 0) is 4.79 Å². The fourth-order valence-electron chi connectivity index (χ4n) is 5.11. The number of hydrogen-bond donors (Lipinski definition) is 0. The molecule has 7 heteroatoms. The van der Waals surface area contributed by atoms with Gasteiger partial charge in [0.1, 0.15) is 10.8 Å². The predicted octanol–water partition coefficient (Wildman–Crippen LogP) is 5.50. The van der Waals surface area contributed by atoms with Crippen LogP contribution in [0.5, 0.6) is 5.88 Å². The van der Waals surface area contributed by atoms with E-state index in [2.05, 4.69) is 11.2 Å². The van der Waals surface area contributed by atoms with E-state index in [4.69, 9.17) is 9.72 Å². The number of rotatable bonds is 2. The third kappa shape index (κ3) is 3.15. The highest BCUT2D eigenvalue weighted by molar-refractivity contribution is 7.19. The number of aromatic nitrogens is 3. The minimum absolute atomic E-state index is 0.0304. The zero-order valence-electron chi connectivity index (χ0n) is 18.6. The molecule has 5 aromatic rings. The molecule has 7 rings (SSSR count). The van der Waals surface area contributed by atoms with Gasteiger partial charge in [0.25, 0.3) is 5.56 Å². The first-order valence-corrected chi connectivity index (χ1v) is 12.4. The molecule has 0 radical (unpaired) electrons. The van der Waals surface area contributed by atoms with E-state index < -0.39 is 5.92 Å². The van der Waals surface area contributed by atoms with Crippen molar-refractivity contribution in [3.8, 4) is 16.5 Å². The summed E-state index contributed by atoms with van der Waals surface area (Å²) in [5.41, 5.74) is 2.45. The average molecular weight is 478 g/mol. The molecule has 3 heterocycles. The molecule has 1 aliphatic heterocycles. The van der Waals surface area contributed by atoms with Crippen molar-refractivity contribution in [3.63, 3.8) is 0 Å². The summed E-state index contributed by atoms with van der Waals surface area (Å²) in [5.74, 6) is 0.411. The second kappa shape index (κ2) is 7.71. The van der Waals surface area contributed by atoms with Gasteiger partial charge in [0.15, 0.2) is 5.78 Å². The van der Waals surface area contributed by atoms with E-state index in [1.807, 2.05) is 66.7 Å². The van der Waals surface area contributed by atoms with Crippen molar-refractivity contribution in [2.24, 2.45) is 0 Å². The molecule has 1 atom stereocenters. The van der Waals surface area contributed by atoms with Gasteiger partial charge < -0.3 is 4.74 Å². The highest BCUT2D eigenvalue weighted by Crippen LogP contribution is 2.45. The van der Waals surface area contributed by atoms with Crippen molar-refractivity contribution in [2.75, 3.05) is 0 Å². The van der Waals surface area contributed by atoms with Crippen molar-refractivity contribution in [1.29, 1.82) is 0 Å². The molecule has 1 aliphatic carbocycles. The lowest BCUT2D eigenvalue weighted by molar-refractivity contribution is -0.116. The number of carbonyl (C=O) groups excluding carboxylic acids is 1. The van der Waals surface area contributed by atoms with Crippen LogP contribution in [-0.4, -0.2) is 20.4 Å². The number of allylic oxidation sites excluding steroid dienone is 2. The van der Waals surface area contributed by atoms with Gasteiger partial charge in [-0.1, -0.05) is 84.1 Å². The normalized spacial score (nSPS) is 17.4. The number of nitrogens with zero attached hydrogens (tertiary/aromatic N) is 3. The van der Waals surface area contributed by atoms with E-state index in [9.17, 15) is 9.59 Å². The first kappa shape index (κ1) is 20.3. The third-order valence-corrected chi connectivity index (χ3v) is 7.70. The van der Waals surface area contributed by atoms with E-state index in [0.29, 0.717) is 39.7 Å². The Balaban J connectivity index is 1.49. The molecule has 2 aliphatic rings. The summed E-state index contributed by atoms with van der Waals surface area (Å²) < 4.78 is 7.51. The molecule has 3 aromatic carbocycles. The van der Waals surface area contributed by atoms with Gasteiger partial charge in [-0.25, -0.2) is 0 Å². The van der Waals surface area contributed by atoms with Gasteiger partial charge in [0, 0.05) is 24.0 Å². The molecule has 0 spiro atoms. The fraction of sp³-hybridized carbons (Fsp3) is 0.143. The Morgan fingerprint density at radius 2 is 1.71 bits per heavy atom. The standard InChI is InChI=1S/C28H19N3O3S/c32-20-11-6-12-21-23(20)22(19-14-13-16-7-4-5-10-18(16)15-19)24-25(34-21)29-28-31(27(24)33)30-26(35-28)17-8-2-1-3-9-17/h1-5,7-10,13-15,22H,6,11-12H2. The second-order valence-corrected chi connectivity index (χ2v) is 9.81. The minimum atomic E-state index is -0.537. The second-order valence-electron chi connectivity index (χ2n) is 8.86. The van der Waals surface area contributed by atoms with Crippen molar-refractivity contribution in [3.05, 3.63) is 106 Å². The van der Waals surface area contributed by atoms with Crippen LogP contribution in [0, 0.1) is 0 Å². The van der Waals surface area contributed by atoms with Crippen LogP contribution < -0.4 is 10.3 Å². The topological polar surface area (TPSA) is 73.6 Å². The Morgan fingerprint density at radius 3 is 2.57 bits per heavy atom. The van der Waals surface area contributed by atoms with E-state index in [1.54, 1.807) is 0 Å². The molecule has 0 saturated carbocycles. The number of fused-ring (bicyclic) bond motifs is 3. The molecule has 0 amide bonds. The molecular formula is C28H19N3O3S. The maximum atomic E-state index is 13.9. The molecule has 35 heavy (non-hydrogen) atoms. The molecule has 0 N–H and O–H groups in total. The first-order valence-electron chi connectivity index (χ1n) is 11.6. The summed E-state index contributed by atoms with van der Waals surface area (Å²) in [6, 6.07) is 23.9. The largest absolute Gasteiger partial charge is 0.442 e. The smallest absolute Gasteiger partial charge is 0.283 e. The van der Waals surface area contributed by atoms with Crippen molar-refractivity contribution in [2.45, 2.75) is 25.2 Å². The van der Waals surface area contributed by atoms with E-state index in [0.717, 1.165) is 28.3 Å². The van der Waals surface area contributed by atoms with Gasteiger partial charge in [-0.2, -0.15) is 14.6 Å². The summed E-state index contributed by atoms with van der Waals surface area (Å²) in [7, 11) is 0. The van der Waals surface area contributed by atoms with Crippen LogP contribution in [0.25, 0.3) is 26.3 Å². The molecule has 0 saturated heterocycles. The summed E-state index contributed by atoms with van der Waals surface area (Å²) in [5, 5.41) is 7.45. The highest BCUT2D eigenvalue weighted by Gasteiger charge is 2.40. The van der Waals surface area contributed by atoms with Crippen molar-refractivity contribution >= 4 is 32.9 Å². The van der Waals surface area contributed by atoms with Gasteiger partial charge >= 0.3 is 0 Å². The quantitative estimate of drug-likeness (QED) is 0.336. The van der Waals surface area contributed by atoms with Gasteiger partial charge in [-0.15, -0.1) is 0 Å². The molecule has 1 unspecified atom stereocenters. The summed E-state index contributed by atoms with van der Waals surface area (Å²) >= 11 is 1.34. The Hall–Kier alpha value is -4.10. The molecule has 170 valence electrons. The lowest BCUT2D eigenvalue weighted by Gasteiger charge is -2.31. The van der Waals surface area contributed by atoms with E-state index in [-0.39, 0.29) is 17.2 Å². The first-order chi connectivity index (χ1) is 17.2. The number of Topliss-reactive ketones (excluding diaryl/α,β-unsaturated/α-hetero) is 1. The van der Waals surface area contributed by atoms with Crippen molar-refractivity contribution < 1.29 is 9.53 Å². The zero-order valence-corrected chi connectivity index (χ0v) is 19.4. The maximum Gasteiger partial charge on any atom is 0.283 e. The molecule has 6 nitrogen and oxygen atoms in total. The Labute approximate surface area is 204 Å². The maximum absolute atomic E-state index is 13.9. The van der Waals surface area contributed by atoms with Crippen LogP contribution in [0.1, 0.15) is 36.3 Å². The predicted molar refractivity (Wildman–Crippen MR) is 135 cm³/mol. The number of benzene rings is 3. The molecule has 0 fully saturated rings. The van der Waals surface area contributed by atoms with Crippen LogP contribution in [0.15, 0.2) is 88.9 Å². The summed E-state index contributed by atoms with van der Waals surface area (Å²) in [6.45, 7) is 0. The Bertz CT molecular complexity index is 1750. The minimum Gasteiger partial charge on any atom is -0.442 e. The van der Waals surface area contributed by atoms with Gasteiger partial charge in [-0.3, -0.25) is 9.59 Å². The third-order valence-electron chi connectivity index (χ3n) is 6.74. The number of ketones is 1. The molecule has 0 bridgehead atoms.